The first kappa shape index (κ1) is 13.7. The lowest BCUT2D eigenvalue weighted by atomic mass is 10.1. The molecule has 0 fully saturated rings. The molecule has 0 spiro atoms. The van der Waals surface area contributed by atoms with Crippen molar-refractivity contribution in [3.63, 3.8) is 0 Å². The monoisotopic (exact) mass is 238 g/mol. The highest BCUT2D eigenvalue weighted by molar-refractivity contribution is 5.92. The molecular weight excluding hydrogens is 216 g/mol. The minimum Gasteiger partial charge on any atom is -0.347 e. The predicted octanol–water partition coefficient (Wildman–Crippen LogP) is 0.976. The summed E-state index contributed by atoms with van der Waals surface area (Å²) in [6.07, 6.45) is 3.11. The van der Waals surface area contributed by atoms with Gasteiger partial charge in [-0.15, -0.1) is 0 Å². The highest BCUT2D eigenvalue weighted by Gasteiger charge is 2.15. The van der Waals surface area contributed by atoms with E-state index in [1.54, 1.807) is 17.8 Å². The van der Waals surface area contributed by atoms with Crippen LogP contribution in [0.1, 0.15) is 42.4 Å². The number of rotatable bonds is 6. The molecule has 0 aliphatic rings. The van der Waals surface area contributed by atoms with Crippen LogP contribution < -0.4 is 11.1 Å². The Labute approximate surface area is 102 Å². The summed E-state index contributed by atoms with van der Waals surface area (Å²) < 4.78 is 1.60. The van der Waals surface area contributed by atoms with Crippen molar-refractivity contribution >= 4 is 5.91 Å². The SMILES string of the molecule is CCCCC(CN)NC(=O)c1cc(C)nn1C. The molecule has 0 radical (unpaired) electrons. The van der Waals surface area contributed by atoms with Crippen LogP contribution in [0.25, 0.3) is 0 Å². The molecule has 0 aliphatic carbocycles. The quantitative estimate of drug-likeness (QED) is 0.775. The highest BCUT2D eigenvalue weighted by atomic mass is 16.2. The molecule has 1 aromatic heterocycles. The molecule has 5 nitrogen and oxygen atoms in total. The topological polar surface area (TPSA) is 72.9 Å². The van der Waals surface area contributed by atoms with Gasteiger partial charge in [0, 0.05) is 19.6 Å². The van der Waals surface area contributed by atoms with E-state index in [0.717, 1.165) is 25.0 Å². The minimum atomic E-state index is -0.0975. The van der Waals surface area contributed by atoms with Gasteiger partial charge >= 0.3 is 0 Å². The summed E-state index contributed by atoms with van der Waals surface area (Å²) in [6, 6.07) is 1.83. The van der Waals surface area contributed by atoms with Crippen LogP contribution in [0.4, 0.5) is 0 Å². The largest absolute Gasteiger partial charge is 0.347 e. The van der Waals surface area contributed by atoms with Gasteiger partial charge in [0.15, 0.2) is 0 Å². The maximum atomic E-state index is 12.0. The molecule has 17 heavy (non-hydrogen) atoms. The summed E-state index contributed by atoms with van der Waals surface area (Å²) in [5.41, 5.74) is 7.07. The van der Waals surface area contributed by atoms with Crippen molar-refractivity contribution in [2.75, 3.05) is 6.54 Å². The summed E-state index contributed by atoms with van der Waals surface area (Å²) >= 11 is 0. The molecule has 3 N–H and O–H groups in total. The van der Waals surface area contributed by atoms with Crippen molar-refractivity contribution in [3.05, 3.63) is 17.5 Å². The molecule has 5 heteroatoms. The van der Waals surface area contributed by atoms with E-state index >= 15 is 0 Å². The third-order valence-electron chi connectivity index (χ3n) is 2.76. The smallest absolute Gasteiger partial charge is 0.269 e. The molecule has 1 rings (SSSR count). The van der Waals surface area contributed by atoms with E-state index in [-0.39, 0.29) is 11.9 Å². The summed E-state index contributed by atoms with van der Waals surface area (Å²) in [7, 11) is 1.77. The third-order valence-corrected chi connectivity index (χ3v) is 2.76. The summed E-state index contributed by atoms with van der Waals surface area (Å²) in [6.45, 7) is 4.47. The van der Waals surface area contributed by atoms with Gasteiger partial charge in [-0.2, -0.15) is 5.10 Å². The summed E-state index contributed by atoms with van der Waals surface area (Å²) in [5.74, 6) is -0.0975. The van der Waals surface area contributed by atoms with E-state index in [4.69, 9.17) is 5.73 Å². The van der Waals surface area contributed by atoms with Crippen LogP contribution >= 0.6 is 0 Å². The number of carbonyl (C=O) groups excluding carboxylic acids is 1. The van der Waals surface area contributed by atoms with Crippen molar-refractivity contribution in [2.45, 2.75) is 39.2 Å². The van der Waals surface area contributed by atoms with Gasteiger partial charge in [-0.3, -0.25) is 9.48 Å². The zero-order valence-corrected chi connectivity index (χ0v) is 10.9. The van der Waals surface area contributed by atoms with Gasteiger partial charge in [0.25, 0.3) is 5.91 Å². The van der Waals surface area contributed by atoms with Gasteiger partial charge in [0.2, 0.25) is 0 Å². The Morgan fingerprint density at radius 2 is 2.35 bits per heavy atom. The number of nitrogens with zero attached hydrogens (tertiary/aromatic N) is 2. The Morgan fingerprint density at radius 1 is 1.65 bits per heavy atom. The Kier molecular flexibility index (Phi) is 5.15. The second-order valence-electron chi connectivity index (χ2n) is 4.34. The van der Waals surface area contributed by atoms with Crippen molar-refractivity contribution in [2.24, 2.45) is 12.8 Å². The number of amides is 1. The number of nitrogens with two attached hydrogens (primary N) is 1. The number of hydrogen-bond acceptors (Lipinski definition) is 3. The molecule has 0 aliphatic heterocycles. The fourth-order valence-electron chi connectivity index (χ4n) is 1.78. The molecule has 0 aromatic carbocycles. The van der Waals surface area contributed by atoms with Gasteiger partial charge < -0.3 is 11.1 Å². The average Bonchev–Trinajstić information content (AvgIpc) is 2.63. The first-order valence-electron chi connectivity index (χ1n) is 6.10. The van der Waals surface area contributed by atoms with Crippen LogP contribution in [0.3, 0.4) is 0 Å². The number of hydrogen-bond donors (Lipinski definition) is 2. The van der Waals surface area contributed by atoms with Crippen molar-refractivity contribution in [3.8, 4) is 0 Å². The minimum absolute atomic E-state index is 0.0534. The first-order valence-corrected chi connectivity index (χ1v) is 6.10. The van der Waals surface area contributed by atoms with Crippen molar-refractivity contribution in [1.82, 2.24) is 15.1 Å². The predicted molar refractivity (Wildman–Crippen MR) is 67.8 cm³/mol. The lowest BCUT2D eigenvalue weighted by Gasteiger charge is -2.16. The van der Waals surface area contributed by atoms with Crippen molar-refractivity contribution < 1.29 is 4.79 Å². The van der Waals surface area contributed by atoms with Gasteiger partial charge in [-0.05, 0) is 19.4 Å². The fraction of sp³-hybridized carbons (Fsp3) is 0.667. The van der Waals surface area contributed by atoms with Crippen LogP contribution in [-0.4, -0.2) is 28.3 Å². The van der Waals surface area contributed by atoms with Crippen LogP contribution in [0.2, 0.25) is 0 Å². The van der Waals surface area contributed by atoms with Crippen molar-refractivity contribution in [1.29, 1.82) is 0 Å². The number of aryl methyl sites for hydroxylation is 2. The molecule has 1 aromatic rings. The highest BCUT2D eigenvalue weighted by Crippen LogP contribution is 2.04. The fourth-order valence-corrected chi connectivity index (χ4v) is 1.78. The van der Waals surface area contributed by atoms with E-state index in [1.807, 2.05) is 6.92 Å². The molecule has 96 valence electrons. The van der Waals surface area contributed by atoms with Gasteiger partial charge in [0.1, 0.15) is 5.69 Å². The molecule has 1 atom stereocenters. The average molecular weight is 238 g/mol. The van der Waals surface area contributed by atoms with Crippen LogP contribution in [0, 0.1) is 6.92 Å². The van der Waals surface area contributed by atoms with Crippen LogP contribution in [-0.2, 0) is 7.05 Å². The first-order chi connectivity index (χ1) is 8.08. The third kappa shape index (κ3) is 3.85. The molecule has 1 amide bonds. The summed E-state index contributed by atoms with van der Waals surface area (Å²) in [4.78, 5) is 12.0. The summed E-state index contributed by atoms with van der Waals surface area (Å²) in [5, 5.41) is 7.10. The maximum Gasteiger partial charge on any atom is 0.269 e. The van der Waals surface area contributed by atoms with E-state index in [1.165, 1.54) is 0 Å². The molecular formula is C12H22N4O. The van der Waals surface area contributed by atoms with Gasteiger partial charge in [0.05, 0.1) is 5.69 Å². The maximum absolute atomic E-state index is 12.0. The van der Waals surface area contributed by atoms with Crippen LogP contribution in [0.5, 0.6) is 0 Å². The number of nitrogens with one attached hydrogen (secondary N) is 1. The lowest BCUT2D eigenvalue weighted by Crippen LogP contribution is -2.40. The second kappa shape index (κ2) is 6.39. The zero-order valence-electron chi connectivity index (χ0n) is 10.9. The molecule has 0 saturated carbocycles. The Hall–Kier alpha value is -1.36. The molecule has 0 saturated heterocycles. The van der Waals surface area contributed by atoms with Crippen LogP contribution in [0.15, 0.2) is 6.07 Å². The Balaban J connectivity index is 2.61. The van der Waals surface area contributed by atoms with E-state index < -0.39 is 0 Å². The zero-order chi connectivity index (χ0) is 12.8. The Bertz CT molecular complexity index is 373. The Morgan fingerprint density at radius 3 is 2.82 bits per heavy atom. The number of carbonyl (C=O) groups is 1. The van der Waals surface area contributed by atoms with Gasteiger partial charge in [-0.25, -0.2) is 0 Å². The standard InChI is InChI=1S/C12H22N4O/c1-4-5-6-10(8-13)14-12(17)11-7-9(2)15-16(11)3/h7,10H,4-6,8,13H2,1-3H3,(H,14,17). The number of aromatic nitrogens is 2. The molecule has 1 unspecified atom stereocenters. The molecule has 0 bridgehead atoms. The van der Waals surface area contributed by atoms with E-state index in [2.05, 4.69) is 17.3 Å². The number of unbranched alkanes of at least 4 members (excludes halogenated alkanes) is 1. The van der Waals surface area contributed by atoms with E-state index in [9.17, 15) is 4.79 Å². The normalized spacial score (nSPS) is 12.5. The second-order valence-corrected chi connectivity index (χ2v) is 4.34. The van der Waals surface area contributed by atoms with Gasteiger partial charge in [-0.1, -0.05) is 19.8 Å². The van der Waals surface area contributed by atoms with E-state index in [0.29, 0.717) is 12.2 Å². The molecule has 1 heterocycles. The lowest BCUT2D eigenvalue weighted by molar-refractivity contribution is 0.0926.